The summed E-state index contributed by atoms with van der Waals surface area (Å²) in [4.78, 5) is 19.1. The number of aromatic nitrogens is 2. The minimum absolute atomic E-state index is 0.0494. The van der Waals surface area contributed by atoms with E-state index in [0.29, 0.717) is 13.2 Å². The number of para-hydroxylation sites is 2. The number of hydrogen-bond acceptors (Lipinski definition) is 4. The molecule has 3 aromatic rings. The van der Waals surface area contributed by atoms with Crippen LogP contribution < -0.4 is 4.74 Å². The van der Waals surface area contributed by atoms with E-state index in [2.05, 4.69) is 4.98 Å². The monoisotopic (exact) mass is 383 g/mol. The maximum Gasteiger partial charge on any atom is 0.242 e. The fourth-order valence-electron chi connectivity index (χ4n) is 2.93. The molecule has 1 heterocycles. The summed E-state index contributed by atoms with van der Waals surface area (Å²) in [5, 5.41) is 0. The molecule has 0 aliphatic carbocycles. The minimum Gasteiger partial charge on any atom is -0.492 e. The van der Waals surface area contributed by atoms with Gasteiger partial charge in [0.15, 0.2) is 0 Å². The predicted octanol–water partition coefficient (Wildman–Crippen LogP) is 3.75. The van der Waals surface area contributed by atoms with E-state index in [9.17, 15) is 4.79 Å². The summed E-state index contributed by atoms with van der Waals surface area (Å²) in [6.07, 6.45) is 2.04. The molecular formula is C21H25N3O2S. The summed E-state index contributed by atoms with van der Waals surface area (Å²) in [6.45, 7) is 3.33. The lowest BCUT2D eigenvalue weighted by Crippen LogP contribution is -2.33. The highest BCUT2D eigenvalue weighted by atomic mass is 32.2. The molecule has 0 aliphatic rings. The van der Waals surface area contributed by atoms with Crippen LogP contribution in [0, 0.1) is 6.92 Å². The zero-order chi connectivity index (χ0) is 19.2. The summed E-state index contributed by atoms with van der Waals surface area (Å²) in [5.74, 6) is 2.59. The molecule has 6 heteroatoms. The van der Waals surface area contributed by atoms with Crippen molar-refractivity contribution in [2.45, 2.75) is 19.2 Å². The number of imidazole rings is 1. The molecule has 0 bridgehead atoms. The largest absolute Gasteiger partial charge is 0.492 e. The normalized spacial score (nSPS) is 10.9. The molecule has 5 nitrogen and oxygen atoms in total. The van der Waals surface area contributed by atoms with Crippen molar-refractivity contribution in [1.29, 1.82) is 0 Å². The Labute approximate surface area is 164 Å². The van der Waals surface area contributed by atoms with Gasteiger partial charge in [0.25, 0.3) is 0 Å². The second-order valence-corrected chi connectivity index (χ2v) is 7.38. The third-order valence-electron chi connectivity index (χ3n) is 4.41. The molecule has 0 fully saturated rings. The lowest BCUT2D eigenvalue weighted by Gasteiger charge is -2.19. The fraction of sp³-hybridized carbons (Fsp3) is 0.333. The van der Waals surface area contributed by atoms with Gasteiger partial charge in [-0.1, -0.05) is 24.3 Å². The first-order valence-electron chi connectivity index (χ1n) is 8.95. The Morgan fingerprint density at radius 1 is 1.22 bits per heavy atom. The molecule has 0 radical (unpaired) electrons. The third kappa shape index (κ3) is 4.83. The van der Waals surface area contributed by atoms with Gasteiger partial charge in [-0.3, -0.25) is 4.79 Å². The van der Waals surface area contributed by atoms with Crippen molar-refractivity contribution in [3.63, 3.8) is 0 Å². The summed E-state index contributed by atoms with van der Waals surface area (Å²) in [6, 6.07) is 15.9. The maximum absolute atomic E-state index is 12.7. The van der Waals surface area contributed by atoms with Gasteiger partial charge in [0.05, 0.1) is 23.3 Å². The minimum atomic E-state index is 0.0494. The van der Waals surface area contributed by atoms with Crippen LogP contribution in [0.15, 0.2) is 48.5 Å². The van der Waals surface area contributed by atoms with Gasteiger partial charge in [-0.15, -0.1) is 0 Å². The van der Waals surface area contributed by atoms with Crippen LogP contribution in [0.2, 0.25) is 0 Å². The molecule has 0 atom stereocenters. The van der Waals surface area contributed by atoms with Gasteiger partial charge < -0.3 is 14.2 Å². The number of nitrogens with zero attached hydrogens (tertiary/aromatic N) is 3. The summed E-state index contributed by atoms with van der Waals surface area (Å²) in [5.41, 5.74) is 3.09. The molecule has 27 heavy (non-hydrogen) atoms. The Bertz CT molecular complexity index is 923. The topological polar surface area (TPSA) is 47.4 Å². The average molecular weight is 384 g/mol. The molecule has 2 aromatic carbocycles. The highest BCUT2D eigenvalue weighted by molar-refractivity contribution is 7.97. The Balaban J connectivity index is 1.62. The highest BCUT2D eigenvalue weighted by Crippen LogP contribution is 2.19. The van der Waals surface area contributed by atoms with Crippen molar-refractivity contribution in [1.82, 2.24) is 14.5 Å². The summed E-state index contributed by atoms with van der Waals surface area (Å²) < 4.78 is 7.78. The molecule has 1 aromatic heterocycles. The van der Waals surface area contributed by atoms with E-state index in [1.165, 1.54) is 0 Å². The molecule has 0 N–H and O–H groups in total. The Morgan fingerprint density at radius 2 is 2.04 bits per heavy atom. The average Bonchev–Trinajstić information content (AvgIpc) is 2.99. The smallest absolute Gasteiger partial charge is 0.242 e. The van der Waals surface area contributed by atoms with E-state index < -0.39 is 0 Å². The first-order chi connectivity index (χ1) is 13.1. The number of likely N-dealkylation sites (N-methyl/N-ethyl adjacent to an activating group) is 1. The first-order valence-corrected chi connectivity index (χ1v) is 10.3. The van der Waals surface area contributed by atoms with Crippen LogP contribution in [-0.2, 0) is 17.1 Å². The highest BCUT2D eigenvalue weighted by Gasteiger charge is 2.15. The molecule has 0 spiro atoms. The standard InChI is InChI=1S/C21H25N3O2S/c1-16-7-6-8-17(13-16)26-12-11-23(2)21(25)14-24-19-10-5-4-9-18(19)22-20(24)15-27-3/h4-10,13H,11-12,14-15H2,1-3H3. The van der Waals surface area contributed by atoms with E-state index in [-0.39, 0.29) is 12.5 Å². The lowest BCUT2D eigenvalue weighted by molar-refractivity contribution is -0.130. The molecular weight excluding hydrogens is 358 g/mol. The van der Waals surface area contributed by atoms with Crippen molar-refractivity contribution in [3.05, 3.63) is 59.9 Å². The molecule has 142 valence electrons. The van der Waals surface area contributed by atoms with Gasteiger partial charge >= 0.3 is 0 Å². The van der Waals surface area contributed by atoms with E-state index >= 15 is 0 Å². The molecule has 0 saturated carbocycles. The van der Waals surface area contributed by atoms with Crippen LogP contribution in [0.3, 0.4) is 0 Å². The van der Waals surface area contributed by atoms with Gasteiger partial charge in [0.1, 0.15) is 24.7 Å². The number of ether oxygens (including phenoxy) is 1. The lowest BCUT2D eigenvalue weighted by atomic mass is 10.2. The Hall–Kier alpha value is -2.47. The second-order valence-electron chi connectivity index (χ2n) is 6.52. The van der Waals surface area contributed by atoms with Crippen LogP contribution >= 0.6 is 11.8 Å². The second kappa shape index (κ2) is 8.95. The van der Waals surface area contributed by atoms with Crippen LogP contribution in [0.1, 0.15) is 11.4 Å². The first kappa shape index (κ1) is 19.3. The van der Waals surface area contributed by atoms with Crippen molar-refractivity contribution in [2.24, 2.45) is 0 Å². The number of rotatable bonds is 8. The Kier molecular flexibility index (Phi) is 6.40. The zero-order valence-electron chi connectivity index (χ0n) is 16.0. The van der Waals surface area contributed by atoms with Crippen LogP contribution in [0.25, 0.3) is 11.0 Å². The van der Waals surface area contributed by atoms with E-state index in [4.69, 9.17) is 4.74 Å². The predicted molar refractivity (Wildman–Crippen MR) is 111 cm³/mol. The Morgan fingerprint density at radius 3 is 2.81 bits per heavy atom. The third-order valence-corrected chi connectivity index (χ3v) is 4.96. The number of carbonyl (C=O) groups excluding carboxylic acids is 1. The van der Waals surface area contributed by atoms with Gasteiger partial charge in [-0.25, -0.2) is 4.98 Å². The molecule has 0 saturated heterocycles. The van der Waals surface area contributed by atoms with Crippen molar-refractivity contribution in [2.75, 3.05) is 26.5 Å². The summed E-state index contributed by atoms with van der Waals surface area (Å²) in [7, 11) is 1.81. The van der Waals surface area contributed by atoms with E-state index in [1.54, 1.807) is 16.7 Å². The number of hydrogen-bond donors (Lipinski definition) is 0. The molecule has 0 aliphatic heterocycles. The quantitative estimate of drug-likeness (QED) is 0.594. The summed E-state index contributed by atoms with van der Waals surface area (Å²) >= 11 is 1.70. The molecule has 0 unspecified atom stereocenters. The number of fused-ring (bicyclic) bond motifs is 1. The number of benzene rings is 2. The van der Waals surface area contributed by atoms with Crippen LogP contribution in [0.5, 0.6) is 5.75 Å². The SMILES string of the molecule is CSCc1nc2ccccc2n1CC(=O)N(C)CCOc1cccc(C)c1. The van der Waals surface area contributed by atoms with E-state index in [1.807, 2.05) is 73.3 Å². The van der Waals surface area contributed by atoms with Gasteiger partial charge in [-0.2, -0.15) is 11.8 Å². The number of amides is 1. The van der Waals surface area contributed by atoms with Crippen molar-refractivity contribution >= 4 is 28.7 Å². The number of aryl methyl sites for hydroxylation is 1. The van der Waals surface area contributed by atoms with Gasteiger partial charge in [-0.05, 0) is 43.0 Å². The van der Waals surface area contributed by atoms with Crippen LogP contribution in [0.4, 0.5) is 0 Å². The zero-order valence-corrected chi connectivity index (χ0v) is 16.8. The maximum atomic E-state index is 12.7. The molecule has 1 amide bonds. The number of thioether (sulfide) groups is 1. The van der Waals surface area contributed by atoms with Crippen LogP contribution in [-0.4, -0.2) is 46.8 Å². The fourth-order valence-corrected chi connectivity index (χ4v) is 3.41. The van der Waals surface area contributed by atoms with Crippen molar-refractivity contribution in [3.8, 4) is 5.75 Å². The number of carbonyl (C=O) groups is 1. The van der Waals surface area contributed by atoms with Gasteiger partial charge in [0, 0.05) is 7.05 Å². The van der Waals surface area contributed by atoms with E-state index in [0.717, 1.165) is 33.9 Å². The van der Waals surface area contributed by atoms with Crippen molar-refractivity contribution < 1.29 is 9.53 Å². The van der Waals surface area contributed by atoms with Gasteiger partial charge in [0.2, 0.25) is 5.91 Å². The molecule has 3 rings (SSSR count).